The summed E-state index contributed by atoms with van der Waals surface area (Å²) in [7, 11) is 2.19. The average Bonchev–Trinajstić information content (AvgIpc) is 2.17. The van der Waals surface area contributed by atoms with Gasteiger partial charge in [-0.25, -0.2) is 0 Å². The zero-order valence-corrected chi connectivity index (χ0v) is 9.50. The molecule has 0 bridgehead atoms. The molecule has 84 valence electrons. The van der Waals surface area contributed by atoms with Crippen molar-refractivity contribution in [2.24, 2.45) is 5.92 Å². The van der Waals surface area contributed by atoms with Crippen LogP contribution in [-0.2, 0) is 0 Å². The van der Waals surface area contributed by atoms with Crippen LogP contribution in [0.3, 0.4) is 0 Å². The largest absolute Gasteiger partial charge is 0.396 e. The van der Waals surface area contributed by atoms with Crippen molar-refractivity contribution in [3.05, 3.63) is 0 Å². The zero-order chi connectivity index (χ0) is 10.4. The molecule has 1 rings (SSSR count). The number of hydrogen-bond donors (Lipinski definition) is 2. The molecule has 0 aliphatic carbocycles. The highest BCUT2D eigenvalue weighted by molar-refractivity contribution is 4.75. The van der Waals surface area contributed by atoms with Crippen LogP contribution in [0.1, 0.15) is 26.2 Å². The van der Waals surface area contributed by atoms with Gasteiger partial charge in [-0.2, -0.15) is 0 Å². The lowest BCUT2D eigenvalue weighted by Crippen LogP contribution is -2.42. The van der Waals surface area contributed by atoms with Crippen LogP contribution in [0.5, 0.6) is 0 Å². The Balaban J connectivity index is 2.06. The first kappa shape index (κ1) is 12.0. The maximum atomic E-state index is 8.77. The lowest BCUT2D eigenvalue weighted by Gasteiger charge is -2.30. The predicted octanol–water partition coefficient (Wildman–Crippen LogP) is 0.689. The summed E-state index contributed by atoms with van der Waals surface area (Å²) in [6.07, 6.45) is 3.45. The van der Waals surface area contributed by atoms with Gasteiger partial charge in [0, 0.05) is 12.6 Å². The first-order chi connectivity index (χ1) is 6.72. The third-order valence-electron chi connectivity index (χ3n) is 3.10. The molecule has 0 aromatic rings. The lowest BCUT2D eigenvalue weighted by molar-refractivity contribution is 0.221. The fraction of sp³-hybridized carbons (Fsp3) is 1.00. The van der Waals surface area contributed by atoms with Crippen molar-refractivity contribution < 1.29 is 5.11 Å². The summed E-state index contributed by atoms with van der Waals surface area (Å²) in [6.45, 7) is 5.99. The van der Waals surface area contributed by atoms with Crippen LogP contribution in [0.15, 0.2) is 0 Å². The number of hydrogen-bond acceptors (Lipinski definition) is 3. The van der Waals surface area contributed by atoms with Gasteiger partial charge in [-0.05, 0) is 51.9 Å². The zero-order valence-electron chi connectivity index (χ0n) is 9.50. The van der Waals surface area contributed by atoms with E-state index in [1.807, 2.05) is 0 Å². The number of nitrogens with one attached hydrogen (secondary N) is 1. The minimum atomic E-state index is 0.316. The van der Waals surface area contributed by atoms with E-state index in [1.54, 1.807) is 0 Å². The SMILES string of the molecule is CC(CCO)CNC1CCN(C)CC1. The first-order valence-corrected chi connectivity index (χ1v) is 5.75. The van der Waals surface area contributed by atoms with Crippen LogP contribution >= 0.6 is 0 Å². The van der Waals surface area contributed by atoms with E-state index in [9.17, 15) is 0 Å². The van der Waals surface area contributed by atoms with Gasteiger partial charge >= 0.3 is 0 Å². The highest BCUT2D eigenvalue weighted by atomic mass is 16.3. The molecule has 1 unspecified atom stereocenters. The van der Waals surface area contributed by atoms with Crippen LogP contribution in [0, 0.1) is 5.92 Å². The number of aliphatic hydroxyl groups is 1. The van der Waals surface area contributed by atoms with Crippen LogP contribution in [0.25, 0.3) is 0 Å². The monoisotopic (exact) mass is 200 g/mol. The highest BCUT2D eigenvalue weighted by Crippen LogP contribution is 2.09. The summed E-state index contributed by atoms with van der Waals surface area (Å²) in [5.74, 6) is 0.597. The second-order valence-electron chi connectivity index (χ2n) is 4.60. The molecule has 0 aromatic carbocycles. The summed E-state index contributed by atoms with van der Waals surface area (Å²) in [4.78, 5) is 2.38. The average molecular weight is 200 g/mol. The maximum Gasteiger partial charge on any atom is 0.0434 e. The van der Waals surface area contributed by atoms with E-state index < -0.39 is 0 Å². The molecular weight excluding hydrogens is 176 g/mol. The van der Waals surface area contributed by atoms with Crippen LogP contribution < -0.4 is 5.32 Å². The van der Waals surface area contributed by atoms with Crippen LogP contribution in [0.4, 0.5) is 0 Å². The van der Waals surface area contributed by atoms with Crippen molar-refractivity contribution in [3.63, 3.8) is 0 Å². The summed E-state index contributed by atoms with van der Waals surface area (Å²) in [5.41, 5.74) is 0. The molecule has 2 N–H and O–H groups in total. The minimum absolute atomic E-state index is 0.316. The van der Waals surface area contributed by atoms with Gasteiger partial charge in [0.05, 0.1) is 0 Å². The van der Waals surface area contributed by atoms with Gasteiger partial charge in [0.2, 0.25) is 0 Å². The maximum absolute atomic E-state index is 8.77. The van der Waals surface area contributed by atoms with Gasteiger partial charge < -0.3 is 15.3 Å². The fourth-order valence-electron chi connectivity index (χ4n) is 1.90. The predicted molar refractivity (Wildman–Crippen MR) is 59.4 cm³/mol. The van der Waals surface area contributed by atoms with Crippen LogP contribution in [-0.4, -0.2) is 49.3 Å². The fourth-order valence-corrected chi connectivity index (χ4v) is 1.90. The van der Waals surface area contributed by atoms with Gasteiger partial charge in [-0.3, -0.25) is 0 Å². The van der Waals surface area contributed by atoms with E-state index in [2.05, 4.69) is 24.2 Å². The molecule has 0 radical (unpaired) electrons. The van der Waals surface area contributed by atoms with Crippen LogP contribution in [0.2, 0.25) is 0 Å². The highest BCUT2D eigenvalue weighted by Gasteiger charge is 2.16. The molecule has 1 saturated heterocycles. The molecule has 3 heteroatoms. The van der Waals surface area contributed by atoms with Crippen molar-refractivity contribution in [2.45, 2.75) is 32.2 Å². The molecule has 1 aliphatic heterocycles. The first-order valence-electron chi connectivity index (χ1n) is 5.75. The third-order valence-corrected chi connectivity index (χ3v) is 3.10. The molecule has 0 aromatic heterocycles. The molecule has 1 aliphatic rings. The van der Waals surface area contributed by atoms with Crippen molar-refractivity contribution in [2.75, 3.05) is 33.3 Å². The van der Waals surface area contributed by atoms with E-state index in [0.29, 0.717) is 18.6 Å². The third kappa shape index (κ3) is 4.40. The van der Waals surface area contributed by atoms with Crippen molar-refractivity contribution in [1.29, 1.82) is 0 Å². The smallest absolute Gasteiger partial charge is 0.0434 e. The molecule has 0 saturated carbocycles. The Morgan fingerprint density at radius 3 is 2.64 bits per heavy atom. The molecule has 1 heterocycles. The Bertz CT molecular complexity index is 144. The second-order valence-corrected chi connectivity index (χ2v) is 4.60. The Morgan fingerprint density at radius 2 is 2.07 bits per heavy atom. The number of nitrogens with zero attached hydrogens (tertiary/aromatic N) is 1. The van der Waals surface area contributed by atoms with Gasteiger partial charge in [0.1, 0.15) is 0 Å². The van der Waals surface area contributed by atoms with Gasteiger partial charge in [0.25, 0.3) is 0 Å². The normalized spacial score (nSPS) is 22.5. The Hall–Kier alpha value is -0.120. The van der Waals surface area contributed by atoms with Gasteiger partial charge in [-0.1, -0.05) is 6.92 Å². The molecule has 3 nitrogen and oxygen atoms in total. The molecule has 1 atom stereocenters. The molecule has 0 spiro atoms. The van der Waals surface area contributed by atoms with E-state index >= 15 is 0 Å². The topological polar surface area (TPSA) is 35.5 Å². The van der Waals surface area contributed by atoms with Gasteiger partial charge in [-0.15, -0.1) is 0 Å². The lowest BCUT2D eigenvalue weighted by atomic mass is 10.0. The van der Waals surface area contributed by atoms with E-state index in [0.717, 1.165) is 13.0 Å². The molecule has 1 fully saturated rings. The second kappa shape index (κ2) is 6.38. The quantitative estimate of drug-likeness (QED) is 0.685. The molecule has 14 heavy (non-hydrogen) atoms. The summed E-state index contributed by atoms with van der Waals surface area (Å²) in [5, 5.41) is 12.4. The molecule has 0 amide bonds. The number of aliphatic hydroxyl groups excluding tert-OH is 1. The summed E-state index contributed by atoms with van der Waals surface area (Å²) >= 11 is 0. The number of piperidine rings is 1. The summed E-state index contributed by atoms with van der Waals surface area (Å²) in [6, 6.07) is 0.701. The Kier molecular flexibility index (Phi) is 5.45. The Morgan fingerprint density at radius 1 is 1.43 bits per heavy atom. The van der Waals surface area contributed by atoms with Crippen molar-refractivity contribution in [3.8, 4) is 0 Å². The number of likely N-dealkylation sites (tertiary alicyclic amines) is 1. The van der Waals surface area contributed by atoms with Gasteiger partial charge in [0.15, 0.2) is 0 Å². The Labute approximate surface area is 87.5 Å². The minimum Gasteiger partial charge on any atom is -0.396 e. The van der Waals surface area contributed by atoms with E-state index in [-0.39, 0.29) is 0 Å². The summed E-state index contributed by atoms with van der Waals surface area (Å²) < 4.78 is 0. The standard InChI is InChI=1S/C11H24N2O/c1-10(5-8-14)9-12-11-3-6-13(2)7-4-11/h10-12,14H,3-9H2,1-2H3. The van der Waals surface area contributed by atoms with Crippen molar-refractivity contribution >= 4 is 0 Å². The van der Waals surface area contributed by atoms with Crippen molar-refractivity contribution in [1.82, 2.24) is 10.2 Å². The number of rotatable bonds is 5. The van der Waals surface area contributed by atoms with E-state index in [4.69, 9.17) is 5.11 Å². The molecular formula is C11H24N2O. The van der Waals surface area contributed by atoms with E-state index in [1.165, 1.54) is 25.9 Å².